The minimum absolute atomic E-state index is 0.179. The topological polar surface area (TPSA) is 66.9 Å². The van der Waals surface area contributed by atoms with Gasteiger partial charge in [-0.3, -0.25) is 4.79 Å². The summed E-state index contributed by atoms with van der Waals surface area (Å²) in [6.07, 6.45) is 1.44. The first-order chi connectivity index (χ1) is 13.1. The molecule has 2 N–H and O–H groups in total. The summed E-state index contributed by atoms with van der Waals surface area (Å²) in [7, 11) is 0. The molecule has 138 valence electrons. The molecule has 1 heterocycles. The van der Waals surface area contributed by atoms with Gasteiger partial charge in [-0.25, -0.2) is 14.4 Å². The van der Waals surface area contributed by atoms with Gasteiger partial charge in [0.1, 0.15) is 23.0 Å². The molecule has 1 aromatic heterocycles. The van der Waals surface area contributed by atoms with Gasteiger partial charge in [0.05, 0.1) is 5.75 Å². The van der Waals surface area contributed by atoms with E-state index in [2.05, 4.69) is 20.6 Å². The lowest BCUT2D eigenvalue weighted by Gasteiger charge is -2.08. The van der Waals surface area contributed by atoms with Gasteiger partial charge >= 0.3 is 0 Å². The third-order valence-electron chi connectivity index (χ3n) is 3.54. The van der Waals surface area contributed by atoms with Crippen molar-refractivity contribution < 1.29 is 9.18 Å². The van der Waals surface area contributed by atoms with Crippen molar-refractivity contribution >= 4 is 40.8 Å². The van der Waals surface area contributed by atoms with Crippen LogP contribution in [-0.2, 0) is 11.3 Å². The van der Waals surface area contributed by atoms with Crippen molar-refractivity contribution in [2.75, 3.05) is 16.4 Å². The zero-order valence-electron chi connectivity index (χ0n) is 14.2. The predicted octanol–water partition coefficient (Wildman–Crippen LogP) is 4.61. The number of aromatic nitrogens is 2. The van der Waals surface area contributed by atoms with Gasteiger partial charge in [0, 0.05) is 23.3 Å². The van der Waals surface area contributed by atoms with Gasteiger partial charge in [0.25, 0.3) is 0 Å². The summed E-state index contributed by atoms with van der Waals surface area (Å²) in [5.74, 6) is 0.278. The second-order valence-electron chi connectivity index (χ2n) is 5.53. The molecule has 1 amide bonds. The first-order valence-corrected chi connectivity index (χ1v) is 9.44. The van der Waals surface area contributed by atoms with E-state index in [4.69, 9.17) is 11.6 Å². The second-order valence-corrected chi connectivity index (χ2v) is 6.93. The summed E-state index contributed by atoms with van der Waals surface area (Å²) < 4.78 is 12.9. The highest BCUT2D eigenvalue weighted by Gasteiger charge is 2.06. The fourth-order valence-electron chi connectivity index (χ4n) is 2.21. The summed E-state index contributed by atoms with van der Waals surface area (Å²) in [5.41, 5.74) is 1.51. The first-order valence-electron chi connectivity index (χ1n) is 8.08. The molecule has 5 nitrogen and oxygen atoms in total. The number of halogens is 2. The predicted molar refractivity (Wildman–Crippen MR) is 107 cm³/mol. The van der Waals surface area contributed by atoms with Crippen molar-refractivity contribution in [2.24, 2.45) is 0 Å². The molecule has 0 fully saturated rings. The molecule has 0 spiro atoms. The van der Waals surface area contributed by atoms with E-state index in [1.165, 1.54) is 42.4 Å². The van der Waals surface area contributed by atoms with Gasteiger partial charge in [-0.15, -0.1) is 0 Å². The Labute approximate surface area is 165 Å². The summed E-state index contributed by atoms with van der Waals surface area (Å²) in [6.45, 7) is 0.534. The van der Waals surface area contributed by atoms with Crippen LogP contribution in [-0.4, -0.2) is 21.6 Å². The van der Waals surface area contributed by atoms with E-state index in [-0.39, 0.29) is 17.5 Å². The number of benzene rings is 2. The third-order valence-corrected chi connectivity index (χ3v) is 4.83. The van der Waals surface area contributed by atoms with Crippen LogP contribution in [0, 0.1) is 5.82 Å². The lowest BCUT2D eigenvalue weighted by Crippen LogP contribution is -2.14. The van der Waals surface area contributed by atoms with Gasteiger partial charge in [0.15, 0.2) is 0 Å². The molecule has 0 saturated carbocycles. The van der Waals surface area contributed by atoms with E-state index < -0.39 is 0 Å². The molecule has 0 aliphatic rings. The van der Waals surface area contributed by atoms with E-state index in [9.17, 15) is 9.18 Å². The molecule has 27 heavy (non-hydrogen) atoms. The Bertz CT molecular complexity index is 924. The first kappa shape index (κ1) is 19.1. The Morgan fingerprint density at radius 2 is 1.89 bits per heavy atom. The Morgan fingerprint density at radius 3 is 2.67 bits per heavy atom. The van der Waals surface area contributed by atoms with Crippen molar-refractivity contribution in [1.29, 1.82) is 0 Å². The number of carbonyl (C=O) groups is 1. The highest BCUT2D eigenvalue weighted by atomic mass is 35.5. The largest absolute Gasteiger partial charge is 0.366 e. The molecule has 3 aromatic rings. The number of carbonyl (C=O) groups excluding carboxylic acids is 1. The number of rotatable bonds is 7. The van der Waals surface area contributed by atoms with Crippen LogP contribution in [0.4, 0.5) is 15.9 Å². The number of hydrogen-bond acceptors (Lipinski definition) is 5. The molecule has 8 heteroatoms. The molecular formula is C19H16ClFN4OS. The van der Waals surface area contributed by atoms with E-state index in [1.54, 1.807) is 6.07 Å². The fourth-order valence-corrected chi connectivity index (χ4v) is 3.08. The van der Waals surface area contributed by atoms with Crippen LogP contribution < -0.4 is 10.6 Å². The smallest absolute Gasteiger partial charge is 0.234 e. The molecule has 3 rings (SSSR count). The Morgan fingerprint density at radius 1 is 1.11 bits per heavy atom. The summed E-state index contributed by atoms with van der Waals surface area (Å²) in [5, 5.41) is 7.25. The minimum Gasteiger partial charge on any atom is -0.366 e. The molecule has 0 unspecified atom stereocenters. The van der Waals surface area contributed by atoms with E-state index in [1.807, 2.05) is 24.3 Å². The number of thioether (sulfide) groups is 1. The molecule has 0 aliphatic carbocycles. The van der Waals surface area contributed by atoms with Gasteiger partial charge in [0.2, 0.25) is 5.91 Å². The second kappa shape index (κ2) is 9.34. The van der Waals surface area contributed by atoms with Crippen molar-refractivity contribution in [3.63, 3.8) is 0 Å². The standard InChI is InChI=1S/C19H16ClFN4OS/c20-16-4-2-1-3-13(16)10-22-17-9-19(24-12-23-17)27-11-18(26)25-15-7-5-14(21)6-8-15/h1-9,12H,10-11H2,(H,25,26)(H,22,23,24). The Hall–Kier alpha value is -2.64. The lowest BCUT2D eigenvalue weighted by atomic mass is 10.2. The Kier molecular flexibility index (Phi) is 6.62. The lowest BCUT2D eigenvalue weighted by molar-refractivity contribution is -0.113. The van der Waals surface area contributed by atoms with Gasteiger partial charge in [-0.1, -0.05) is 41.6 Å². The van der Waals surface area contributed by atoms with E-state index in [0.717, 1.165) is 5.56 Å². The summed E-state index contributed by atoms with van der Waals surface area (Å²) in [6, 6.07) is 15.0. The number of nitrogens with zero attached hydrogens (tertiary/aromatic N) is 2. The average Bonchev–Trinajstić information content (AvgIpc) is 2.68. The molecule has 0 radical (unpaired) electrons. The van der Waals surface area contributed by atoms with Crippen LogP contribution in [0.2, 0.25) is 5.02 Å². The van der Waals surface area contributed by atoms with Gasteiger partial charge in [-0.2, -0.15) is 0 Å². The van der Waals surface area contributed by atoms with E-state index >= 15 is 0 Å². The highest BCUT2D eigenvalue weighted by molar-refractivity contribution is 7.99. The molecule has 0 saturated heterocycles. The zero-order chi connectivity index (χ0) is 19.1. The van der Waals surface area contributed by atoms with Crippen LogP contribution in [0.25, 0.3) is 0 Å². The number of anilines is 2. The summed E-state index contributed by atoms with van der Waals surface area (Å²) in [4.78, 5) is 20.3. The number of nitrogens with one attached hydrogen (secondary N) is 2. The maximum Gasteiger partial charge on any atom is 0.234 e. The van der Waals surface area contributed by atoms with Gasteiger partial charge in [-0.05, 0) is 35.9 Å². The zero-order valence-corrected chi connectivity index (χ0v) is 15.7. The quantitative estimate of drug-likeness (QED) is 0.446. The minimum atomic E-state index is -0.347. The monoisotopic (exact) mass is 402 g/mol. The normalized spacial score (nSPS) is 10.4. The van der Waals surface area contributed by atoms with Crippen LogP contribution in [0.15, 0.2) is 66.0 Å². The maximum atomic E-state index is 12.9. The SMILES string of the molecule is O=C(CSc1cc(NCc2ccccc2Cl)ncn1)Nc1ccc(F)cc1. The highest BCUT2D eigenvalue weighted by Crippen LogP contribution is 2.20. The van der Waals surface area contributed by atoms with Crippen LogP contribution in [0.5, 0.6) is 0 Å². The van der Waals surface area contributed by atoms with Crippen LogP contribution >= 0.6 is 23.4 Å². The average molecular weight is 403 g/mol. The van der Waals surface area contributed by atoms with Crippen LogP contribution in [0.3, 0.4) is 0 Å². The van der Waals surface area contributed by atoms with Gasteiger partial charge < -0.3 is 10.6 Å². The molecule has 0 aliphatic heterocycles. The molecular weight excluding hydrogens is 387 g/mol. The van der Waals surface area contributed by atoms with Crippen molar-refractivity contribution in [3.05, 3.63) is 77.3 Å². The maximum absolute atomic E-state index is 12.9. The number of hydrogen-bond donors (Lipinski definition) is 2. The molecule has 0 bridgehead atoms. The van der Waals surface area contributed by atoms with E-state index in [0.29, 0.717) is 28.1 Å². The summed E-state index contributed by atoms with van der Waals surface area (Å²) >= 11 is 7.43. The Balaban J connectivity index is 1.52. The molecule has 0 atom stereocenters. The van der Waals surface area contributed by atoms with Crippen molar-refractivity contribution in [3.8, 4) is 0 Å². The molecule has 2 aromatic carbocycles. The third kappa shape index (κ3) is 5.94. The fraction of sp³-hybridized carbons (Fsp3) is 0.105. The van der Waals surface area contributed by atoms with Crippen LogP contribution in [0.1, 0.15) is 5.56 Å². The van der Waals surface area contributed by atoms with Crippen molar-refractivity contribution in [2.45, 2.75) is 11.6 Å². The number of amides is 1. The van der Waals surface area contributed by atoms with Crippen molar-refractivity contribution in [1.82, 2.24) is 9.97 Å².